The lowest BCUT2D eigenvalue weighted by Gasteiger charge is -2.22. The molecule has 0 saturated heterocycles. The zero-order chi connectivity index (χ0) is 15.1. The summed E-state index contributed by atoms with van der Waals surface area (Å²) in [7, 11) is 3.99. The van der Waals surface area contributed by atoms with Crippen molar-refractivity contribution in [2.45, 2.75) is 51.6 Å². The highest BCUT2D eigenvalue weighted by molar-refractivity contribution is 5.47. The second kappa shape index (κ2) is 8.17. The van der Waals surface area contributed by atoms with E-state index in [9.17, 15) is 0 Å². The highest BCUT2D eigenvalue weighted by Gasteiger charge is 2.13. The minimum atomic E-state index is 0.495. The summed E-state index contributed by atoms with van der Waals surface area (Å²) in [5, 5.41) is 3.28. The molecule has 118 valence electrons. The Kier molecular flexibility index (Phi) is 6.23. The summed E-state index contributed by atoms with van der Waals surface area (Å²) in [5.74, 6) is 1.66. The van der Waals surface area contributed by atoms with E-state index >= 15 is 0 Å². The number of hydrogen-bond acceptors (Lipinski definition) is 5. The molecule has 1 aromatic heterocycles. The maximum absolute atomic E-state index is 5.91. The number of anilines is 2. The van der Waals surface area contributed by atoms with Crippen LogP contribution < -0.4 is 10.2 Å². The van der Waals surface area contributed by atoms with Gasteiger partial charge in [0.05, 0.1) is 6.10 Å². The second-order valence-electron chi connectivity index (χ2n) is 6.01. The molecule has 0 aromatic carbocycles. The van der Waals surface area contributed by atoms with Crippen molar-refractivity contribution in [1.82, 2.24) is 9.97 Å². The van der Waals surface area contributed by atoms with E-state index in [1.54, 1.807) is 0 Å². The van der Waals surface area contributed by atoms with Crippen LogP contribution in [0.2, 0.25) is 0 Å². The molecule has 1 fully saturated rings. The van der Waals surface area contributed by atoms with Gasteiger partial charge in [-0.1, -0.05) is 19.3 Å². The molecule has 0 radical (unpaired) electrons. The van der Waals surface area contributed by atoms with Gasteiger partial charge in [0.1, 0.15) is 5.82 Å². The first kappa shape index (κ1) is 16.0. The van der Waals surface area contributed by atoms with Crippen molar-refractivity contribution in [2.24, 2.45) is 0 Å². The molecule has 1 saturated carbocycles. The molecule has 2 rings (SSSR count). The van der Waals surface area contributed by atoms with Gasteiger partial charge in [-0.05, 0) is 26.2 Å². The summed E-state index contributed by atoms with van der Waals surface area (Å²) in [6, 6.07) is 0. The monoisotopic (exact) mass is 292 g/mol. The molecule has 0 atom stereocenters. The number of nitrogens with zero attached hydrogens (tertiary/aromatic N) is 3. The molecule has 0 aliphatic heterocycles. The molecule has 0 spiro atoms. The Balaban J connectivity index is 1.67. The van der Waals surface area contributed by atoms with Gasteiger partial charge in [-0.3, -0.25) is 0 Å². The van der Waals surface area contributed by atoms with Gasteiger partial charge >= 0.3 is 0 Å². The maximum Gasteiger partial charge on any atom is 0.224 e. The van der Waals surface area contributed by atoms with Crippen LogP contribution >= 0.6 is 0 Å². The van der Waals surface area contributed by atoms with Crippen LogP contribution in [0.1, 0.15) is 44.1 Å². The standard InChI is InChI=1S/C16H28N4O/c1-13-12-18-16(19-15(13)20(2)3)17-10-7-11-21-14-8-5-4-6-9-14/h12,14H,4-11H2,1-3H3,(H,17,18,19). The Labute approximate surface area is 128 Å². The minimum Gasteiger partial charge on any atom is -0.378 e. The smallest absolute Gasteiger partial charge is 0.224 e. The third-order valence-electron chi connectivity index (χ3n) is 3.88. The van der Waals surface area contributed by atoms with Crippen LogP contribution in [0.15, 0.2) is 6.20 Å². The van der Waals surface area contributed by atoms with Crippen LogP contribution in [0.25, 0.3) is 0 Å². The highest BCUT2D eigenvalue weighted by Crippen LogP contribution is 2.20. The number of nitrogens with one attached hydrogen (secondary N) is 1. The largest absolute Gasteiger partial charge is 0.378 e. The first-order valence-electron chi connectivity index (χ1n) is 8.03. The summed E-state index contributed by atoms with van der Waals surface area (Å²) in [5.41, 5.74) is 1.09. The van der Waals surface area contributed by atoms with Crippen molar-refractivity contribution in [1.29, 1.82) is 0 Å². The molecule has 0 unspecified atom stereocenters. The summed E-state index contributed by atoms with van der Waals surface area (Å²) < 4.78 is 5.91. The molecule has 5 heteroatoms. The normalized spacial score (nSPS) is 16.0. The van der Waals surface area contributed by atoms with Gasteiger partial charge in [-0.2, -0.15) is 4.98 Å². The van der Waals surface area contributed by atoms with Crippen molar-refractivity contribution in [2.75, 3.05) is 37.5 Å². The molecule has 0 bridgehead atoms. The summed E-state index contributed by atoms with van der Waals surface area (Å²) >= 11 is 0. The fraction of sp³-hybridized carbons (Fsp3) is 0.750. The Hall–Kier alpha value is -1.36. The SMILES string of the molecule is Cc1cnc(NCCCOC2CCCCC2)nc1N(C)C. The van der Waals surface area contributed by atoms with Crippen LogP contribution in [0.4, 0.5) is 11.8 Å². The number of aryl methyl sites for hydroxylation is 1. The molecule has 21 heavy (non-hydrogen) atoms. The average molecular weight is 292 g/mol. The van der Waals surface area contributed by atoms with Gasteiger partial charge in [0, 0.05) is 39.0 Å². The third kappa shape index (κ3) is 5.16. The number of hydrogen-bond donors (Lipinski definition) is 1. The van der Waals surface area contributed by atoms with Crippen molar-refractivity contribution in [3.8, 4) is 0 Å². The summed E-state index contributed by atoms with van der Waals surface area (Å²) in [6.45, 7) is 3.70. The topological polar surface area (TPSA) is 50.3 Å². The van der Waals surface area contributed by atoms with Gasteiger partial charge in [0.25, 0.3) is 0 Å². The van der Waals surface area contributed by atoms with Crippen LogP contribution in [0.5, 0.6) is 0 Å². The van der Waals surface area contributed by atoms with E-state index in [4.69, 9.17) is 4.74 Å². The molecule has 1 aliphatic rings. The van der Waals surface area contributed by atoms with Crippen LogP contribution in [-0.2, 0) is 4.74 Å². The quantitative estimate of drug-likeness (QED) is 0.783. The highest BCUT2D eigenvalue weighted by atomic mass is 16.5. The van der Waals surface area contributed by atoms with Crippen molar-refractivity contribution < 1.29 is 4.74 Å². The molecule has 5 nitrogen and oxygen atoms in total. The van der Waals surface area contributed by atoms with Crippen molar-refractivity contribution >= 4 is 11.8 Å². The van der Waals surface area contributed by atoms with E-state index in [0.717, 1.165) is 31.0 Å². The van der Waals surface area contributed by atoms with E-state index in [1.807, 2.05) is 32.1 Å². The van der Waals surface area contributed by atoms with E-state index in [0.29, 0.717) is 12.1 Å². The first-order valence-corrected chi connectivity index (χ1v) is 8.03. The van der Waals surface area contributed by atoms with E-state index in [2.05, 4.69) is 15.3 Å². The summed E-state index contributed by atoms with van der Waals surface area (Å²) in [6.07, 6.45) is 9.85. The fourth-order valence-electron chi connectivity index (χ4n) is 2.73. The zero-order valence-corrected chi connectivity index (χ0v) is 13.6. The first-order chi connectivity index (χ1) is 10.2. The Morgan fingerprint density at radius 1 is 1.29 bits per heavy atom. The summed E-state index contributed by atoms with van der Waals surface area (Å²) in [4.78, 5) is 10.8. The molecule has 1 aromatic rings. The lowest BCUT2D eigenvalue weighted by Crippen LogP contribution is -2.19. The van der Waals surface area contributed by atoms with Gasteiger partial charge < -0.3 is 15.0 Å². The Bertz CT molecular complexity index is 430. The predicted octanol–water partition coefficient (Wildman–Crippen LogP) is 3.00. The Morgan fingerprint density at radius 3 is 2.76 bits per heavy atom. The molecule has 1 heterocycles. The number of ether oxygens (including phenoxy) is 1. The van der Waals surface area contributed by atoms with Gasteiger partial charge in [-0.25, -0.2) is 4.98 Å². The molecule has 0 amide bonds. The maximum atomic E-state index is 5.91. The van der Waals surface area contributed by atoms with Crippen molar-refractivity contribution in [3.05, 3.63) is 11.8 Å². The Morgan fingerprint density at radius 2 is 2.05 bits per heavy atom. The molecule has 1 aliphatic carbocycles. The lowest BCUT2D eigenvalue weighted by molar-refractivity contribution is 0.0284. The van der Waals surface area contributed by atoms with E-state index in [1.165, 1.54) is 32.1 Å². The van der Waals surface area contributed by atoms with Crippen LogP contribution in [0.3, 0.4) is 0 Å². The van der Waals surface area contributed by atoms with Crippen LogP contribution in [-0.4, -0.2) is 43.3 Å². The van der Waals surface area contributed by atoms with E-state index in [-0.39, 0.29) is 0 Å². The lowest BCUT2D eigenvalue weighted by atomic mass is 9.98. The molecular weight excluding hydrogens is 264 g/mol. The van der Waals surface area contributed by atoms with Crippen LogP contribution in [0, 0.1) is 6.92 Å². The predicted molar refractivity (Wildman–Crippen MR) is 87.0 cm³/mol. The minimum absolute atomic E-state index is 0.495. The average Bonchev–Trinajstić information content (AvgIpc) is 2.49. The second-order valence-corrected chi connectivity index (χ2v) is 6.01. The van der Waals surface area contributed by atoms with Gasteiger partial charge in [0.15, 0.2) is 0 Å². The zero-order valence-electron chi connectivity index (χ0n) is 13.6. The number of aromatic nitrogens is 2. The van der Waals surface area contributed by atoms with Crippen molar-refractivity contribution in [3.63, 3.8) is 0 Å². The fourth-order valence-corrected chi connectivity index (χ4v) is 2.73. The van der Waals surface area contributed by atoms with E-state index < -0.39 is 0 Å². The number of rotatable bonds is 7. The van der Waals surface area contributed by atoms with Gasteiger partial charge in [-0.15, -0.1) is 0 Å². The third-order valence-corrected chi connectivity index (χ3v) is 3.88. The molecular formula is C16H28N4O. The molecule has 1 N–H and O–H groups in total. The van der Waals surface area contributed by atoms with Gasteiger partial charge in [0.2, 0.25) is 5.95 Å².